The standard InChI is InChI=1S/C17H21N3O2/c1-12-4-3-9-19(11-12)16(21)14-5-7-15(8-6-14)20-13(2)10-18-17(20)22/h5-8,10,12H,3-4,9,11H2,1-2H3,(H,18,22)/t12-/m0/s1. The van der Waals surface area contributed by atoms with Crippen LogP contribution in [-0.2, 0) is 0 Å². The molecule has 1 aliphatic rings. The number of hydrogen-bond acceptors (Lipinski definition) is 2. The van der Waals surface area contributed by atoms with E-state index in [-0.39, 0.29) is 11.6 Å². The van der Waals surface area contributed by atoms with Gasteiger partial charge in [0.1, 0.15) is 0 Å². The molecule has 0 spiro atoms. The Morgan fingerprint density at radius 3 is 2.59 bits per heavy atom. The van der Waals surface area contributed by atoms with Crippen molar-refractivity contribution in [3.05, 3.63) is 52.2 Å². The van der Waals surface area contributed by atoms with E-state index in [1.54, 1.807) is 22.9 Å². The van der Waals surface area contributed by atoms with Gasteiger partial charge in [-0.15, -0.1) is 0 Å². The Morgan fingerprint density at radius 2 is 2.00 bits per heavy atom. The number of rotatable bonds is 2. The summed E-state index contributed by atoms with van der Waals surface area (Å²) in [7, 11) is 0. The summed E-state index contributed by atoms with van der Waals surface area (Å²) in [6.45, 7) is 5.72. The first-order valence-electron chi connectivity index (χ1n) is 7.73. The van der Waals surface area contributed by atoms with E-state index in [1.807, 2.05) is 24.0 Å². The summed E-state index contributed by atoms with van der Waals surface area (Å²) in [6.07, 6.45) is 3.94. The second kappa shape index (κ2) is 5.83. The van der Waals surface area contributed by atoms with Crippen LogP contribution in [-0.4, -0.2) is 33.4 Å². The van der Waals surface area contributed by atoms with E-state index in [0.29, 0.717) is 11.5 Å². The number of nitrogens with zero attached hydrogens (tertiary/aromatic N) is 2. The van der Waals surface area contributed by atoms with Crippen LogP contribution < -0.4 is 5.69 Å². The number of amides is 1. The molecule has 0 radical (unpaired) electrons. The molecular weight excluding hydrogens is 278 g/mol. The summed E-state index contributed by atoms with van der Waals surface area (Å²) in [5.74, 6) is 0.647. The predicted molar refractivity (Wildman–Crippen MR) is 85.4 cm³/mol. The van der Waals surface area contributed by atoms with Crippen molar-refractivity contribution in [3.63, 3.8) is 0 Å². The summed E-state index contributed by atoms with van der Waals surface area (Å²) in [5.41, 5.74) is 2.13. The molecule has 1 aliphatic heterocycles. The van der Waals surface area contributed by atoms with Crippen molar-refractivity contribution >= 4 is 5.91 Å². The topological polar surface area (TPSA) is 58.1 Å². The minimum absolute atomic E-state index is 0.0798. The molecule has 3 rings (SSSR count). The van der Waals surface area contributed by atoms with Gasteiger partial charge in [0.15, 0.2) is 0 Å². The minimum Gasteiger partial charge on any atom is -0.338 e. The van der Waals surface area contributed by atoms with Crippen LogP contribution >= 0.6 is 0 Å². The summed E-state index contributed by atoms with van der Waals surface area (Å²) in [6, 6.07) is 7.25. The number of aromatic amines is 1. The SMILES string of the molecule is Cc1c[nH]c(=O)n1-c1ccc(C(=O)N2CCC[C@H](C)C2)cc1. The zero-order valence-electron chi connectivity index (χ0n) is 13.0. The number of aryl methyl sites for hydroxylation is 1. The van der Waals surface area contributed by atoms with Gasteiger partial charge in [-0.1, -0.05) is 6.92 Å². The molecule has 1 aromatic heterocycles. The molecule has 0 saturated carbocycles. The zero-order chi connectivity index (χ0) is 15.7. The molecule has 2 aromatic rings. The smallest absolute Gasteiger partial charge is 0.330 e. The molecule has 116 valence electrons. The Morgan fingerprint density at radius 1 is 1.27 bits per heavy atom. The number of carbonyl (C=O) groups excluding carboxylic acids is 1. The molecule has 1 saturated heterocycles. The third-order valence-corrected chi connectivity index (χ3v) is 4.28. The highest BCUT2D eigenvalue weighted by atomic mass is 16.2. The van der Waals surface area contributed by atoms with Crippen molar-refractivity contribution in [2.24, 2.45) is 5.92 Å². The number of carbonyl (C=O) groups is 1. The first kappa shape index (κ1) is 14.6. The van der Waals surface area contributed by atoms with Crippen LogP contribution in [0.1, 0.15) is 35.8 Å². The summed E-state index contributed by atoms with van der Waals surface area (Å²) in [5, 5.41) is 0. The number of piperidine rings is 1. The second-order valence-electron chi connectivity index (χ2n) is 6.12. The average molecular weight is 299 g/mol. The normalized spacial score (nSPS) is 18.5. The Hall–Kier alpha value is -2.30. The van der Waals surface area contributed by atoms with E-state index in [2.05, 4.69) is 11.9 Å². The number of H-pyrrole nitrogens is 1. The van der Waals surface area contributed by atoms with Crippen LogP contribution in [0.2, 0.25) is 0 Å². The molecule has 5 heteroatoms. The highest BCUT2D eigenvalue weighted by Crippen LogP contribution is 2.18. The second-order valence-corrected chi connectivity index (χ2v) is 6.12. The van der Waals surface area contributed by atoms with Crippen LogP contribution in [0.3, 0.4) is 0 Å². The largest absolute Gasteiger partial charge is 0.338 e. The van der Waals surface area contributed by atoms with Crippen LogP contribution in [0.15, 0.2) is 35.3 Å². The fourth-order valence-electron chi connectivity index (χ4n) is 3.09. The van der Waals surface area contributed by atoms with Gasteiger partial charge in [-0.25, -0.2) is 4.79 Å². The Kier molecular flexibility index (Phi) is 3.88. The van der Waals surface area contributed by atoms with Crippen LogP contribution in [0.5, 0.6) is 0 Å². The van der Waals surface area contributed by atoms with E-state index in [4.69, 9.17) is 0 Å². The Labute approximate surface area is 129 Å². The minimum atomic E-state index is -0.165. The quantitative estimate of drug-likeness (QED) is 0.925. The molecule has 5 nitrogen and oxygen atoms in total. The monoisotopic (exact) mass is 299 g/mol. The molecule has 2 heterocycles. The predicted octanol–water partition coefficient (Wildman–Crippen LogP) is 2.35. The van der Waals surface area contributed by atoms with E-state index in [1.165, 1.54) is 6.42 Å². The van der Waals surface area contributed by atoms with E-state index < -0.39 is 0 Å². The lowest BCUT2D eigenvalue weighted by molar-refractivity contribution is 0.0683. The van der Waals surface area contributed by atoms with Gasteiger partial charge >= 0.3 is 5.69 Å². The summed E-state index contributed by atoms with van der Waals surface area (Å²) in [4.78, 5) is 28.9. The number of hydrogen-bond donors (Lipinski definition) is 1. The maximum Gasteiger partial charge on any atom is 0.330 e. The number of aromatic nitrogens is 2. The van der Waals surface area contributed by atoms with Gasteiger partial charge in [0.2, 0.25) is 0 Å². The van der Waals surface area contributed by atoms with Crippen LogP contribution in [0.25, 0.3) is 5.69 Å². The van der Waals surface area contributed by atoms with Crippen molar-refractivity contribution in [1.29, 1.82) is 0 Å². The molecule has 1 atom stereocenters. The average Bonchev–Trinajstić information content (AvgIpc) is 2.86. The van der Waals surface area contributed by atoms with Gasteiger partial charge < -0.3 is 9.88 Å². The van der Waals surface area contributed by atoms with E-state index >= 15 is 0 Å². The first-order chi connectivity index (χ1) is 10.6. The number of nitrogens with one attached hydrogen (secondary N) is 1. The molecular formula is C17H21N3O2. The highest BCUT2D eigenvalue weighted by Gasteiger charge is 2.22. The van der Waals surface area contributed by atoms with Gasteiger partial charge in [-0.3, -0.25) is 9.36 Å². The molecule has 1 fully saturated rings. The van der Waals surface area contributed by atoms with Crippen LogP contribution in [0, 0.1) is 12.8 Å². The van der Waals surface area contributed by atoms with Crippen molar-refractivity contribution < 1.29 is 4.79 Å². The molecule has 1 aromatic carbocycles. The van der Waals surface area contributed by atoms with Crippen molar-refractivity contribution in [2.45, 2.75) is 26.7 Å². The van der Waals surface area contributed by atoms with Crippen LogP contribution in [0.4, 0.5) is 0 Å². The van der Waals surface area contributed by atoms with Gasteiger partial charge in [0.05, 0.1) is 5.69 Å². The lowest BCUT2D eigenvalue weighted by Gasteiger charge is -2.31. The molecule has 1 amide bonds. The summed E-state index contributed by atoms with van der Waals surface area (Å²) < 4.78 is 1.59. The van der Waals surface area contributed by atoms with E-state index in [0.717, 1.165) is 30.9 Å². The maximum atomic E-state index is 12.5. The summed E-state index contributed by atoms with van der Waals surface area (Å²) >= 11 is 0. The van der Waals surface area contributed by atoms with Gasteiger partial charge in [-0.2, -0.15) is 0 Å². The lowest BCUT2D eigenvalue weighted by Crippen LogP contribution is -2.39. The third-order valence-electron chi connectivity index (χ3n) is 4.28. The van der Waals surface area contributed by atoms with Crippen molar-refractivity contribution in [3.8, 4) is 5.69 Å². The van der Waals surface area contributed by atoms with Crippen molar-refractivity contribution in [1.82, 2.24) is 14.5 Å². The molecule has 22 heavy (non-hydrogen) atoms. The van der Waals surface area contributed by atoms with Gasteiger partial charge in [-0.05, 0) is 49.9 Å². The Balaban J connectivity index is 1.82. The Bertz CT molecular complexity index is 727. The molecule has 1 N–H and O–H groups in total. The van der Waals surface area contributed by atoms with Gasteiger partial charge in [0.25, 0.3) is 5.91 Å². The lowest BCUT2D eigenvalue weighted by atomic mass is 9.99. The molecule has 0 bridgehead atoms. The number of benzene rings is 1. The number of likely N-dealkylation sites (tertiary alicyclic amines) is 1. The first-order valence-corrected chi connectivity index (χ1v) is 7.73. The molecule has 0 aliphatic carbocycles. The van der Waals surface area contributed by atoms with E-state index in [9.17, 15) is 9.59 Å². The maximum absolute atomic E-state index is 12.5. The molecule has 0 unspecified atom stereocenters. The fourth-order valence-corrected chi connectivity index (χ4v) is 3.09. The zero-order valence-corrected chi connectivity index (χ0v) is 13.0. The van der Waals surface area contributed by atoms with Gasteiger partial charge in [0, 0.05) is 30.5 Å². The fraction of sp³-hybridized carbons (Fsp3) is 0.412. The van der Waals surface area contributed by atoms with Crippen molar-refractivity contribution in [2.75, 3.05) is 13.1 Å². The number of imidazole rings is 1. The third kappa shape index (κ3) is 2.71. The highest BCUT2D eigenvalue weighted by molar-refractivity contribution is 5.94.